The average molecular weight is 276 g/mol. The van der Waals surface area contributed by atoms with E-state index >= 15 is 0 Å². The minimum atomic E-state index is -0.710. The topological polar surface area (TPSA) is 61.4 Å². The first-order chi connectivity index (χ1) is 9.59. The number of hydrogen-bond donors (Lipinski definition) is 3. The van der Waals surface area contributed by atoms with Crippen molar-refractivity contribution >= 4 is 6.03 Å². The highest BCUT2D eigenvalue weighted by molar-refractivity contribution is 5.73. The molecule has 1 aliphatic rings. The maximum Gasteiger partial charge on any atom is 0.315 e. The van der Waals surface area contributed by atoms with Gasteiger partial charge in [0.05, 0.1) is 5.60 Å². The lowest BCUT2D eigenvalue weighted by molar-refractivity contribution is 0.00719. The molecular formula is C16H24N2O2. The summed E-state index contributed by atoms with van der Waals surface area (Å²) < 4.78 is 0. The molecule has 1 aromatic carbocycles. The second kappa shape index (κ2) is 6.75. The highest BCUT2D eigenvalue weighted by Crippen LogP contribution is 2.27. The van der Waals surface area contributed by atoms with Crippen LogP contribution in [-0.4, -0.2) is 23.3 Å². The summed E-state index contributed by atoms with van der Waals surface area (Å²) in [7, 11) is 0. The maximum atomic E-state index is 11.8. The molecule has 0 spiro atoms. The molecule has 110 valence electrons. The minimum absolute atomic E-state index is 0.216. The Bertz CT molecular complexity index is 454. The van der Waals surface area contributed by atoms with Crippen LogP contribution in [0.3, 0.4) is 0 Å². The monoisotopic (exact) mass is 276 g/mol. The lowest BCUT2D eigenvalue weighted by Crippen LogP contribution is -2.47. The Morgan fingerprint density at radius 1 is 1.20 bits per heavy atom. The number of carbonyl (C=O) groups excluding carboxylic acids is 1. The normalized spacial score (nSPS) is 17.5. The Kier molecular flexibility index (Phi) is 5.01. The van der Waals surface area contributed by atoms with Gasteiger partial charge in [-0.3, -0.25) is 0 Å². The molecule has 20 heavy (non-hydrogen) atoms. The number of aliphatic hydroxyl groups is 1. The number of urea groups is 1. The fourth-order valence-electron chi connectivity index (χ4n) is 2.68. The highest BCUT2D eigenvalue weighted by atomic mass is 16.3. The average Bonchev–Trinajstić information content (AvgIpc) is 2.45. The molecule has 1 aliphatic carbocycles. The Morgan fingerprint density at radius 3 is 2.60 bits per heavy atom. The van der Waals surface area contributed by atoms with E-state index in [1.165, 1.54) is 12.0 Å². The van der Waals surface area contributed by atoms with Crippen molar-refractivity contribution in [3.05, 3.63) is 35.4 Å². The smallest absolute Gasteiger partial charge is 0.315 e. The summed E-state index contributed by atoms with van der Waals surface area (Å²) in [6, 6.07) is 7.76. The Morgan fingerprint density at radius 2 is 1.90 bits per heavy atom. The Labute approximate surface area is 120 Å². The molecule has 1 aromatic rings. The lowest BCUT2D eigenvalue weighted by atomic mass is 9.85. The maximum absolute atomic E-state index is 11.8. The molecule has 2 rings (SSSR count). The van der Waals surface area contributed by atoms with Crippen molar-refractivity contribution in [2.45, 2.75) is 51.2 Å². The SMILES string of the molecule is Cc1ccccc1CNC(=O)NCC1(O)CCCCC1. The Balaban J connectivity index is 1.74. The third-order valence-electron chi connectivity index (χ3n) is 4.06. The molecule has 0 atom stereocenters. The van der Waals surface area contributed by atoms with Crippen LogP contribution in [0.5, 0.6) is 0 Å². The molecule has 0 aromatic heterocycles. The zero-order chi connectivity index (χ0) is 14.4. The van der Waals surface area contributed by atoms with E-state index in [0.717, 1.165) is 31.2 Å². The molecule has 3 N–H and O–H groups in total. The summed E-state index contributed by atoms with van der Waals surface area (Å²) in [5.41, 5.74) is 1.57. The van der Waals surface area contributed by atoms with Gasteiger partial charge in [0.25, 0.3) is 0 Å². The van der Waals surface area contributed by atoms with Crippen molar-refractivity contribution in [2.75, 3.05) is 6.54 Å². The van der Waals surface area contributed by atoms with Crippen molar-refractivity contribution in [1.82, 2.24) is 10.6 Å². The van der Waals surface area contributed by atoms with E-state index in [1.807, 2.05) is 31.2 Å². The largest absolute Gasteiger partial charge is 0.388 e. The number of aryl methyl sites for hydroxylation is 1. The first-order valence-corrected chi connectivity index (χ1v) is 7.38. The molecule has 1 fully saturated rings. The van der Waals surface area contributed by atoms with Gasteiger partial charge in [0.2, 0.25) is 0 Å². The third kappa shape index (κ3) is 4.23. The van der Waals surface area contributed by atoms with Crippen LogP contribution < -0.4 is 10.6 Å². The predicted molar refractivity (Wildman–Crippen MR) is 79.5 cm³/mol. The van der Waals surface area contributed by atoms with Crippen LogP contribution in [0.15, 0.2) is 24.3 Å². The summed E-state index contributed by atoms with van der Waals surface area (Å²) in [6.07, 6.45) is 4.84. The second-order valence-corrected chi connectivity index (χ2v) is 5.75. The number of benzene rings is 1. The van der Waals surface area contributed by atoms with Gasteiger partial charge in [0.1, 0.15) is 0 Å². The van der Waals surface area contributed by atoms with E-state index in [1.54, 1.807) is 0 Å². The van der Waals surface area contributed by atoms with Crippen molar-refractivity contribution < 1.29 is 9.90 Å². The quantitative estimate of drug-likeness (QED) is 0.791. The first-order valence-electron chi connectivity index (χ1n) is 7.38. The third-order valence-corrected chi connectivity index (χ3v) is 4.06. The van der Waals surface area contributed by atoms with Gasteiger partial charge in [0, 0.05) is 13.1 Å². The van der Waals surface area contributed by atoms with E-state index in [4.69, 9.17) is 0 Å². The molecule has 4 nitrogen and oxygen atoms in total. The molecule has 0 radical (unpaired) electrons. The van der Waals surface area contributed by atoms with Gasteiger partial charge < -0.3 is 15.7 Å². The van der Waals surface area contributed by atoms with E-state index in [2.05, 4.69) is 10.6 Å². The lowest BCUT2D eigenvalue weighted by Gasteiger charge is -2.32. The van der Waals surface area contributed by atoms with E-state index in [0.29, 0.717) is 13.1 Å². The number of carbonyl (C=O) groups is 1. The summed E-state index contributed by atoms with van der Waals surface area (Å²) in [6.45, 7) is 2.88. The van der Waals surface area contributed by atoms with Gasteiger partial charge >= 0.3 is 6.03 Å². The van der Waals surface area contributed by atoms with Crippen molar-refractivity contribution in [2.24, 2.45) is 0 Å². The minimum Gasteiger partial charge on any atom is -0.388 e. The van der Waals surface area contributed by atoms with E-state index < -0.39 is 5.60 Å². The molecule has 0 aliphatic heterocycles. The first kappa shape index (κ1) is 14.9. The molecule has 0 saturated heterocycles. The van der Waals surface area contributed by atoms with Crippen LogP contribution in [-0.2, 0) is 6.54 Å². The standard InChI is InChI=1S/C16H24N2O2/c1-13-7-3-4-8-14(13)11-17-15(19)18-12-16(20)9-5-2-6-10-16/h3-4,7-8,20H,2,5-6,9-12H2,1H3,(H2,17,18,19). The van der Waals surface area contributed by atoms with Crippen LogP contribution in [0.25, 0.3) is 0 Å². The van der Waals surface area contributed by atoms with Gasteiger partial charge in [0.15, 0.2) is 0 Å². The van der Waals surface area contributed by atoms with Crippen LogP contribution in [0.1, 0.15) is 43.2 Å². The van der Waals surface area contributed by atoms with Gasteiger partial charge in [-0.05, 0) is 30.9 Å². The molecule has 2 amide bonds. The number of hydrogen-bond acceptors (Lipinski definition) is 2. The molecule has 0 heterocycles. The Hall–Kier alpha value is -1.55. The number of amides is 2. The summed E-state index contributed by atoms with van der Waals surface area (Å²) in [5, 5.41) is 15.9. The predicted octanol–water partition coefficient (Wildman–Crippen LogP) is 2.49. The number of rotatable bonds is 4. The molecular weight excluding hydrogens is 252 g/mol. The summed E-state index contributed by atoms with van der Waals surface area (Å²) >= 11 is 0. The van der Waals surface area contributed by atoms with Crippen LogP contribution in [0, 0.1) is 6.92 Å². The fourth-order valence-corrected chi connectivity index (χ4v) is 2.68. The van der Waals surface area contributed by atoms with E-state index in [9.17, 15) is 9.90 Å². The molecule has 0 bridgehead atoms. The molecule has 1 saturated carbocycles. The second-order valence-electron chi connectivity index (χ2n) is 5.75. The van der Waals surface area contributed by atoms with Crippen molar-refractivity contribution in [3.63, 3.8) is 0 Å². The highest BCUT2D eigenvalue weighted by Gasteiger charge is 2.29. The van der Waals surface area contributed by atoms with E-state index in [-0.39, 0.29) is 6.03 Å². The zero-order valence-electron chi connectivity index (χ0n) is 12.1. The summed E-state index contributed by atoms with van der Waals surface area (Å²) in [4.78, 5) is 11.8. The van der Waals surface area contributed by atoms with Crippen LogP contribution in [0.2, 0.25) is 0 Å². The zero-order valence-corrected chi connectivity index (χ0v) is 12.1. The van der Waals surface area contributed by atoms with Crippen LogP contribution in [0.4, 0.5) is 4.79 Å². The summed E-state index contributed by atoms with van der Waals surface area (Å²) in [5.74, 6) is 0. The van der Waals surface area contributed by atoms with Gasteiger partial charge in [-0.25, -0.2) is 4.79 Å². The van der Waals surface area contributed by atoms with Gasteiger partial charge in [-0.1, -0.05) is 43.5 Å². The van der Waals surface area contributed by atoms with Crippen LogP contribution >= 0.6 is 0 Å². The molecule has 4 heteroatoms. The number of nitrogens with one attached hydrogen (secondary N) is 2. The van der Waals surface area contributed by atoms with Gasteiger partial charge in [-0.15, -0.1) is 0 Å². The molecule has 0 unspecified atom stereocenters. The van der Waals surface area contributed by atoms with Crippen molar-refractivity contribution in [3.8, 4) is 0 Å². The fraction of sp³-hybridized carbons (Fsp3) is 0.562. The van der Waals surface area contributed by atoms with Crippen molar-refractivity contribution in [1.29, 1.82) is 0 Å². The van der Waals surface area contributed by atoms with Gasteiger partial charge in [-0.2, -0.15) is 0 Å².